The predicted octanol–water partition coefficient (Wildman–Crippen LogP) is 0.0298. The van der Waals surface area contributed by atoms with Crippen LogP contribution in [0.3, 0.4) is 0 Å². The number of carbonyl (C=O) groups is 1. The number of benzene rings is 1. The van der Waals surface area contributed by atoms with Crippen molar-refractivity contribution in [1.82, 2.24) is 19.8 Å². The molecule has 0 aliphatic rings. The Balaban J connectivity index is 1.95. The fourth-order valence-electron chi connectivity index (χ4n) is 1.86. The molecular weight excluding hydrogens is 330 g/mol. The molecular formula is C15H17N5O3S. The molecule has 0 bridgehead atoms. The van der Waals surface area contributed by atoms with Crippen molar-refractivity contribution in [2.45, 2.75) is 11.9 Å². The quantitative estimate of drug-likeness (QED) is 0.467. The molecule has 24 heavy (non-hydrogen) atoms. The summed E-state index contributed by atoms with van der Waals surface area (Å²) >= 11 is 0.951. The van der Waals surface area contributed by atoms with Gasteiger partial charge in [0.1, 0.15) is 0 Å². The van der Waals surface area contributed by atoms with Gasteiger partial charge in [0.2, 0.25) is 5.91 Å². The molecule has 0 aliphatic carbocycles. The molecule has 0 atom stereocenters. The Bertz CT molecular complexity index is 901. The lowest BCUT2D eigenvalue weighted by atomic mass is 10.2. The second-order valence-corrected chi connectivity index (χ2v) is 6.04. The average molecular weight is 347 g/mol. The summed E-state index contributed by atoms with van der Waals surface area (Å²) in [7, 11) is 2.81. The summed E-state index contributed by atoms with van der Waals surface area (Å²) in [4.78, 5) is 35.2. The predicted molar refractivity (Wildman–Crippen MR) is 92.4 cm³/mol. The van der Waals surface area contributed by atoms with Gasteiger partial charge in [-0.1, -0.05) is 41.6 Å². The normalized spacial score (nSPS) is 11.0. The highest BCUT2D eigenvalue weighted by Crippen LogP contribution is 2.08. The number of aromatic nitrogens is 3. The number of rotatable bonds is 5. The van der Waals surface area contributed by atoms with Crippen LogP contribution < -0.4 is 16.7 Å². The first-order chi connectivity index (χ1) is 11.4. The Morgan fingerprint density at radius 3 is 2.83 bits per heavy atom. The van der Waals surface area contributed by atoms with Gasteiger partial charge in [0, 0.05) is 14.1 Å². The zero-order valence-corrected chi connectivity index (χ0v) is 14.3. The number of hydrogen-bond donors (Lipinski definition) is 1. The summed E-state index contributed by atoms with van der Waals surface area (Å²) in [6.07, 6.45) is 1.54. The third-order valence-electron chi connectivity index (χ3n) is 3.08. The number of hydrogen-bond acceptors (Lipinski definition) is 6. The zero-order valence-electron chi connectivity index (χ0n) is 13.5. The van der Waals surface area contributed by atoms with E-state index in [-0.39, 0.29) is 16.7 Å². The third kappa shape index (κ3) is 4.42. The largest absolute Gasteiger partial charge is 0.346 e. The maximum atomic E-state index is 11.9. The van der Waals surface area contributed by atoms with Crippen molar-refractivity contribution in [3.8, 4) is 0 Å². The van der Waals surface area contributed by atoms with Gasteiger partial charge in [-0.05, 0) is 12.5 Å². The SMILES string of the molecule is Cc1cccc(/C=N\NC(=O)CSc2nn(C)c(=O)n(C)c2=O)c1. The second kappa shape index (κ2) is 7.73. The number of hydrazone groups is 1. The van der Waals surface area contributed by atoms with Crippen LogP contribution in [0, 0.1) is 6.92 Å². The lowest BCUT2D eigenvalue weighted by molar-refractivity contribution is -0.118. The molecule has 0 spiro atoms. The van der Waals surface area contributed by atoms with Gasteiger partial charge in [0.25, 0.3) is 5.56 Å². The molecule has 2 aromatic rings. The summed E-state index contributed by atoms with van der Waals surface area (Å²) in [5.41, 5.74) is 3.31. The fraction of sp³-hybridized carbons (Fsp3) is 0.267. The molecule has 1 amide bonds. The van der Waals surface area contributed by atoms with Gasteiger partial charge in [-0.3, -0.25) is 14.2 Å². The van der Waals surface area contributed by atoms with Gasteiger partial charge in [0.15, 0.2) is 5.03 Å². The van der Waals surface area contributed by atoms with Crippen molar-refractivity contribution in [3.05, 3.63) is 56.2 Å². The molecule has 0 unspecified atom stereocenters. The smallest absolute Gasteiger partial charge is 0.272 e. The molecule has 0 radical (unpaired) electrons. The molecule has 0 saturated heterocycles. The Kier molecular flexibility index (Phi) is 5.69. The van der Waals surface area contributed by atoms with Crippen LogP contribution in [-0.2, 0) is 18.9 Å². The highest BCUT2D eigenvalue weighted by atomic mass is 32.2. The van der Waals surface area contributed by atoms with Gasteiger partial charge < -0.3 is 0 Å². The van der Waals surface area contributed by atoms with Gasteiger partial charge in [-0.25, -0.2) is 14.9 Å². The van der Waals surface area contributed by atoms with Crippen molar-refractivity contribution in [2.24, 2.45) is 19.2 Å². The van der Waals surface area contributed by atoms with Crippen LogP contribution in [0.4, 0.5) is 0 Å². The second-order valence-electron chi connectivity index (χ2n) is 5.07. The van der Waals surface area contributed by atoms with E-state index in [1.807, 2.05) is 31.2 Å². The van der Waals surface area contributed by atoms with Crippen molar-refractivity contribution in [1.29, 1.82) is 0 Å². The molecule has 0 aliphatic heterocycles. The molecule has 1 heterocycles. The maximum absolute atomic E-state index is 11.9. The highest BCUT2D eigenvalue weighted by Gasteiger charge is 2.11. The van der Waals surface area contributed by atoms with Gasteiger partial charge in [-0.2, -0.15) is 10.2 Å². The molecule has 0 fully saturated rings. The average Bonchev–Trinajstić information content (AvgIpc) is 2.55. The maximum Gasteiger partial charge on any atom is 0.346 e. The summed E-state index contributed by atoms with van der Waals surface area (Å²) in [6.45, 7) is 1.97. The summed E-state index contributed by atoms with van der Waals surface area (Å²) in [5, 5.41) is 7.81. The third-order valence-corrected chi connectivity index (χ3v) is 4.01. The van der Waals surface area contributed by atoms with Crippen molar-refractivity contribution < 1.29 is 4.79 Å². The lowest BCUT2D eigenvalue weighted by Gasteiger charge is -2.04. The van der Waals surface area contributed by atoms with Crippen LogP contribution >= 0.6 is 11.8 Å². The first-order valence-electron chi connectivity index (χ1n) is 7.04. The number of amides is 1. The van der Waals surface area contributed by atoms with Crippen LogP contribution in [0.15, 0.2) is 44.0 Å². The highest BCUT2D eigenvalue weighted by molar-refractivity contribution is 7.99. The van der Waals surface area contributed by atoms with Crippen molar-refractivity contribution >= 4 is 23.9 Å². The molecule has 1 aromatic carbocycles. The van der Waals surface area contributed by atoms with E-state index in [9.17, 15) is 14.4 Å². The van der Waals surface area contributed by atoms with Crippen molar-refractivity contribution in [3.63, 3.8) is 0 Å². The number of carbonyl (C=O) groups excluding carboxylic acids is 1. The summed E-state index contributed by atoms with van der Waals surface area (Å²) in [6, 6.07) is 7.67. The molecule has 126 valence electrons. The minimum Gasteiger partial charge on any atom is -0.272 e. The number of nitrogens with zero attached hydrogens (tertiary/aromatic N) is 4. The Morgan fingerprint density at radius 1 is 1.38 bits per heavy atom. The first kappa shape index (κ1) is 17.7. The van der Waals surface area contributed by atoms with E-state index in [0.717, 1.165) is 32.1 Å². The van der Waals surface area contributed by atoms with Crippen LogP contribution in [0.2, 0.25) is 0 Å². The van der Waals surface area contributed by atoms with Crippen LogP contribution in [-0.4, -0.2) is 32.2 Å². The Labute approximate surface area is 142 Å². The minimum atomic E-state index is -0.529. The van der Waals surface area contributed by atoms with Crippen LogP contribution in [0.25, 0.3) is 0 Å². The topological polar surface area (TPSA) is 98.3 Å². The molecule has 8 nitrogen and oxygen atoms in total. The van der Waals surface area contributed by atoms with E-state index in [1.54, 1.807) is 6.21 Å². The van der Waals surface area contributed by atoms with E-state index < -0.39 is 11.2 Å². The molecule has 0 saturated carbocycles. The zero-order chi connectivity index (χ0) is 17.7. The molecule has 1 N–H and O–H groups in total. The Morgan fingerprint density at radius 2 is 2.12 bits per heavy atom. The molecule has 2 rings (SSSR count). The number of aryl methyl sites for hydroxylation is 2. The van der Waals surface area contributed by atoms with E-state index in [0.29, 0.717) is 0 Å². The van der Waals surface area contributed by atoms with E-state index >= 15 is 0 Å². The Hall–Kier alpha value is -2.68. The number of nitrogens with one attached hydrogen (secondary N) is 1. The van der Waals surface area contributed by atoms with Crippen molar-refractivity contribution in [2.75, 3.05) is 5.75 Å². The molecule has 9 heteroatoms. The lowest BCUT2D eigenvalue weighted by Crippen LogP contribution is -2.39. The van der Waals surface area contributed by atoms with Crippen LogP contribution in [0.5, 0.6) is 0 Å². The van der Waals surface area contributed by atoms with E-state index in [2.05, 4.69) is 15.6 Å². The van der Waals surface area contributed by atoms with E-state index in [1.165, 1.54) is 14.1 Å². The first-order valence-corrected chi connectivity index (χ1v) is 8.03. The summed E-state index contributed by atoms with van der Waals surface area (Å²) < 4.78 is 2.00. The fourth-order valence-corrected chi connectivity index (χ4v) is 2.63. The summed E-state index contributed by atoms with van der Waals surface area (Å²) in [5.74, 6) is -0.410. The standard InChI is InChI=1S/C15H17N5O3S/c1-10-5-4-6-11(7-10)8-16-17-12(21)9-24-13-14(22)19(2)15(23)20(3)18-13/h4-8H,9H2,1-3H3,(H,17,21)/b16-8-. The monoisotopic (exact) mass is 347 g/mol. The van der Waals surface area contributed by atoms with Crippen LogP contribution in [0.1, 0.15) is 11.1 Å². The van der Waals surface area contributed by atoms with Gasteiger partial charge in [-0.15, -0.1) is 0 Å². The molecule has 1 aromatic heterocycles. The minimum absolute atomic E-state index is 0.0361. The van der Waals surface area contributed by atoms with E-state index in [4.69, 9.17) is 0 Å². The number of thioether (sulfide) groups is 1. The van der Waals surface area contributed by atoms with Gasteiger partial charge >= 0.3 is 5.69 Å². The van der Waals surface area contributed by atoms with Gasteiger partial charge in [0.05, 0.1) is 12.0 Å².